The van der Waals surface area contributed by atoms with E-state index in [-0.39, 0.29) is 31.4 Å². The van der Waals surface area contributed by atoms with E-state index >= 15 is 0 Å². The van der Waals surface area contributed by atoms with Gasteiger partial charge < -0.3 is 20.5 Å². The minimum absolute atomic E-state index is 0.0603. The van der Waals surface area contributed by atoms with Crippen LogP contribution in [0.5, 0.6) is 0 Å². The highest BCUT2D eigenvalue weighted by atomic mass is 32.2. The van der Waals surface area contributed by atoms with E-state index < -0.39 is 23.5 Å². The van der Waals surface area contributed by atoms with E-state index in [4.69, 9.17) is 4.74 Å². The summed E-state index contributed by atoms with van der Waals surface area (Å²) in [5.74, 6) is -0.640. The van der Waals surface area contributed by atoms with E-state index in [9.17, 15) is 19.5 Å². The number of carbonyl (C=O) groups excluding carboxylic acids is 2. The predicted molar refractivity (Wildman–Crippen MR) is 134 cm³/mol. The Balaban J connectivity index is 1.59. The van der Waals surface area contributed by atoms with Gasteiger partial charge in [0.05, 0.1) is 5.41 Å². The van der Waals surface area contributed by atoms with Crippen LogP contribution in [-0.2, 0) is 14.3 Å². The summed E-state index contributed by atoms with van der Waals surface area (Å²) in [4.78, 5) is 36.6. The molecule has 0 saturated carbocycles. The van der Waals surface area contributed by atoms with Gasteiger partial charge in [0, 0.05) is 12.5 Å². The molecular weight excluding hydrogens is 452 g/mol. The molecule has 34 heavy (non-hydrogen) atoms. The van der Waals surface area contributed by atoms with Crippen molar-refractivity contribution in [3.8, 4) is 11.1 Å². The molecule has 182 valence electrons. The molecule has 8 heteroatoms. The van der Waals surface area contributed by atoms with Crippen molar-refractivity contribution in [2.45, 2.75) is 38.6 Å². The van der Waals surface area contributed by atoms with Gasteiger partial charge in [-0.25, -0.2) is 4.79 Å². The molecule has 0 radical (unpaired) electrons. The second-order valence-corrected chi connectivity index (χ2v) is 10.0. The highest BCUT2D eigenvalue weighted by Crippen LogP contribution is 2.44. The Labute approximate surface area is 204 Å². The van der Waals surface area contributed by atoms with Crippen LogP contribution >= 0.6 is 11.8 Å². The summed E-state index contributed by atoms with van der Waals surface area (Å²) in [6.07, 6.45) is 2.01. The van der Waals surface area contributed by atoms with Crippen molar-refractivity contribution in [1.29, 1.82) is 0 Å². The Hall–Kier alpha value is -3.00. The van der Waals surface area contributed by atoms with E-state index in [0.29, 0.717) is 12.2 Å². The second-order valence-electron chi connectivity index (χ2n) is 9.03. The van der Waals surface area contributed by atoms with E-state index in [1.807, 2.05) is 30.5 Å². The number of ether oxygens (including phenoxy) is 1. The average Bonchev–Trinajstić information content (AvgIpc) is 3.14. The third-order valence-electron chi connectivity index (χ3n) is 6.19. The number of carboxylic acids is 1. The van der Waals surface area contributed by atoms with E-state index in [1.54, 1.807) is 25.6 Å². The van der Waals surface area contributed by atoms with Gasteiger partial charge in [-0.15, -0.1) is 0 Å². The normalized spacial score (nSPS) is 13.5. The molecule has 0 heterocycles. The largest absolute Gasteiger partial charge is 0.481 e. The number of carbonyl (C=O) groups is 3. The molecule has 7 nitrogen and oxygen atoms in total. The SMILES string of the molecule is CSCC[C@H](NC(=O)OCC1c2ccccc2-c2ccccc21)C(=O)NCCC(C)(C)C(=O)O. The Morgan fingerprint density at radius 3 is 2.21 bits per heavy atom. The molecule has 0 fully saturated rings. The summed E-state index contributed by atoms with van der Waals surface area (Å²) in [5, 5.41) is 14.7. The van der Waals surface area contributed by atoms with Crippen LogP contribution in [0, 0.1) is 5.41 Å². The van der Waals surface area contributed by atoms with E-state index in [2.05, 4.69) is 34.9 Å². The number of fused-ring (bicyclic) bond motifs is 3. The zero-order valence-corrected chi connectivity index (χ0v) is 20.6. The molecule has 0 aliphatic heterocycles. The molecule has 2 amide bonds. The fraction of sp³-hybridized carbons (Fsp3) is 0.423. The smallest absolute Gasteiger partial charge is 0.407 e. The zero-order chi connectivity index (χ0) is 24.7. The number of thioether (sulfide) groups is 1. The monoisotopic (exact) mass is 484 g/mol. The van der Waals surface area contributed by atoms with Crippen LogP contribution < -0.4 is 10.6 Å². The van der Waals surface area contributed by atoms with E-state index in [1.165, 1.54) is 0 Å². The minimum Gasteiger partial charge on any atom is -0.481 e. The van der Waals surface area contributed by atoms with E-state index in [0.717, 1.165) is 22.3 Å². The van der Waals surface area contributed by atoms with Crippen molar-refractivity contribution in [2.75, 3.05) is 25.2 Å². The molecule has 0 aromatic heterocycles. The number of benzene rings is 2. The predicted octanol–water partition coefficient (Wildman–Crippen LogP) is 4.26. The average molecular weight is 485 g/mol. The molecular formula is C26H32N2O5S. The summed E-state index contributed by atoms with van der Waals surface area (Å²) >= 11 is 1.57. The molecule has 0 saturated heterocycles. The van der Waals surface area contributed by atoms with Gasteiger partial charge in [0.2, 0.25) is 5.91 Å². The number of hydrogen-bond donors (Lipinski definition) is 3. The summed E-state index contributed by atoms with van der Waals surface area (Å²) in [7, 11) is 0. The minimum atomic E-state index is -0.942. The first kappa shape index (κ1) is 25.6. The summed E-state index contributed by atoms with van der Waals surface area (Å²) in [6.45, 7) is 3.60. The number of amides is 2. The Morgan fingerprint density at radius 2 is 1.65 bits per heavy atom. The summed E-state index contributed by atoms with van der Waals surface area (Å²) < 4.78 is 5.58. The van der Waals surface area contributed by atoms with Crippen LogP contribution in [0.3, 0.4) is 0 Å². The Morgan fingerprint density at radius 1 is 1.06 bits per heavy atom. The molecule has 1 aliphatic rings. The van der Waals surface area contributed by atoms with Gasteiger partial charge in [0.1, 0.15) is 12.6 Å². The third-order valence-corrected chi connectivity index (χ3v) is 6.84. The topological polar surface area (TPSA) is 105 Å². The number of carboxylic acid groups (broad SMARTS) is 1. The summed E-state index contributed by atoms with van der Waals surface area (Å²) in [5.41, 5.74) is 3.59. The maximum Gasteiger partial charge on any atom is 0.407 e. The van der Waals surface area contributed by atoms with Gasteiger partial charge in [-0.1, -0.05) is 48.5 Å². The highest BCUT2D eigenvalue weighted by Gasteiger charge is 2.30. The van der Waals surface area contributed by atoms with Crippen LogP contribution in [0.15, 0.2) is 48.5 Å². The van der Waals surface area contributed by atoms with Crippen LogP contribution in [0.2, 0.25) is 0 Å². The van der Waals surface area contributed by atoms with Gasteiger partial charge in [-0.2, -0.15) is 11.8 Å². The van der Waals surface area contributed by atoms with Crippen molar-refractivity contribution < 1.29 is 24.2 Å². The molecule has 2 aromatic carbocycles. The lowest BCUT2D eigenvalue weighted by atomic mass is 9.89. The van der Waals surface area contributed by atoms with Crippen molar-refractivity contribution in [3.63, 3.8) is 0 Å². The molecule has 1 atom stereocenters. The zero-order valence-electron chi connectivity index (χ0n) is 19.8. The van der Waals surface area contributed by atoms with Crippen molar-refractivity contribution in [1.82, 2.24) is 10.6 Å². The molecule has 0 bridgehead atoms. The third kappa shape index (κ3) is 6.11. The first-order chi connectivity index (χ1) is 16.2. The van der Waals surface area contributed by atoms with Crippen molar-refractivity contribution in [3.05, 3.63) is 59.7 Å². The fourth-order valence-corrected chi connectivity index (χ4v) is 4.49. The van der Waals surface area contributed by atoms with Crippen molar-refractivity contribution in [2.24, 2.45) is 5.41 Å². The van der Waals surface area contributed by atoms with Crippen LogP contribution in [-0.4, -0.2) is 54.3 Å². The fourth-order valence-electron chi connectivity index (χ4n) is 4.02. The second kappa shape index (κ2) is 11.4. The number of alkyl carbamates (subject to hydrolysis) is 1. The quantitative estimate of drug-likeness (QED) is 0.440. The van der Waals surface area contributed by atoms with Gasteiger partial charge in [0.25, 0.3) is 0 Å². The molecule has 2 aromatic rings. The first-order valence-corrected chi connectivity index (χ1v) is 12.8. The van der Waals surface area contributed by atoms with Crippen LogP contribution in [0.1, 0.15) is 43.7 Å². The van der Waals surface area contributed by atoms with Crippen LogP contribution in [0.4, 0.5) is 4.79 Å². The lowest BCUT2D eigenvalue weighted by Crippen LogP contribution is -2.48. The number of hydrogen-bond acceptors (Lipinski definition) is 5. The molecule has 1 aliphatic carbocycles. The summed E-state index contributed by atoms with van der Waals surface area (Å²) in [6, 6.07) is 15.4. The highest BCUT2D eigenvalue weighted by molar-refractivity contribution is 7.98. The lowest BCUT2D eigenvalue weighted by Gasteiger charge is -2.22. The molecule has 0 spiro atoms. The van der Waals surface area contributed by atoms with Gasteiger partial charge in [0.15, 0.2) is 0 Å². The first-order valence-electron chi connectivity index (χ1n) is 11.4. The number of rotatable bonds is 11. The maximum absolute atomic E-state index is 12.7. The Bertz CT molecular complexity index is 994. The van der Waals surface area contributed by atoms with Gasteiger partial charge >= 0.3 is 12.1 Å². The standard InChI is InChI=1S/C26H32N2O5S/c1-26(2,24(30)31)13-14-27-23(29)22(12-15-34-3)28-25(32)33-16-21-19-10-6-4-8-17(19)18-9-5-7-11-20(18)21/h4-11,21-22H,12-16H2,1-3H3,(H,27,29)(H,28,32)(H,30,31)/t22-/m0/s1. The van der Waals surface area contributed by atoms with Gasteiger partial charge in [-0.05, 0) is 61.0 Å². The molecule has 0 unspecified atom stereocenters. The Kier molecular flexibility index (Phi) is 8.61. The maximum atomic E-state index is 12.7. The molecule has 3 N–H and O–H groups in total. The molecule has 3 rings (SSSR count). The number of nitrogens with one attached hydrogen (secondary N) is 2. The van der Waals surface area contributed by atoms with Crippen molar-refractivity contribution >= 4 is 29.7 Å². The number of aliphatic carboxylic acids is 1. The van der Waals surface area contributed by atoms with Gasteiger partial charge in [-0.3, -0.25) is 9.59 Å². The lowest BCUT2D eigenvalue weighted by molar-refractivity contribution is -0.147. The van der Waals surface area contributed by atoms with Crippen LogP contribution in [0.25, 0.3) is 11.1 Å².